The molecule has 1 amide bonds. The van der Waals surface area contributed by atoms with E-state index in [1.165, 1.54) is 0 Å². The third kappa shape index (κ3) is 5.05. The zero-order chi connectivity index (χ0) is 15.6. The molecule has 0 saturated carbocycles. The quantitative estimate of drug-likeness (QED) is 0.630. The Morgan fingerprint density at radius 3 is 2.64 bits per heavy atom. The number of nitrogens with one attached hydrogen (secondary N) is 1. The molecule has 4 heteroatoms. The largest absolute Gasteiger partial charge is 0.493 e. The minimum Gasteiger partial charge on any atom is -0.493 e. The first kappa shape index (κ1) is 15.8. The summed E-state index contributed by atoms with van der Waals surface area (Å²) in [6.07, 6.45) is 2.86. The van der Waals surface area contributed by atoms with Crippen molar-refractivity contribution in [2.24, 2.45) is 5.10 Å². The Balaban J connectivity index is 1.91. The molecule has 0 aliphatic heterocycles. The summed E-state index contributed by atoms with van der Waals surface area (Å²) in [6, 6.07) is 17.2. The van der Waals surface area contributed by atoms with Crippen LogP contribution in [0.4, 0.5) is 0 Å². The molecule has 22 heavy (non-hydrogen) atoms. The van der Waals surface area contributed by atoms with Gasteiger partial charge < -0.3 is 4.74 Å². The summed E-state index contributed by atoms with van der Waals surface area (Å²) in [7, 11) is 0. The Kier molecular flexibility index (Phi) is 6.18. The molecule has 2 aromatic carbocycles. The third-order valence-corrected chi connectivity index (χ3v) is 2.98. The number of hydrogen-bond donors (Lipinski definition) is 1. The van der Waals surface area contributed by atoms with Crippen LogP contribution in [0.25, 0.3) is 0 Å². The molecule has 114 valence electrons. The molecule has 0 radical (unpaired) electrons. The number of rotatable bonds is 7. The molecule has 0 spiro atoms. The summed E-state index contributed by atoms with van der Waals surface area (Å²) in [6.45, 7) is 2.71. The molecule has 2 aromatic rings. The number of hydrazone groups is 1. The van der Waals surface area contributed by atoms with E-state index in [9.17, 15) is 4.79 Å². The van der Waals surface area contributed by atoms with Crippen molar-refractivity contribution in [3.8, 4) is 5.75 Å². The van der Waals surface area contributed by atoms with E-state index < -0.39 is 0 Å². The SMILES string of the molecule is CCCOc1ccccc1C=NNC(=O)Cc1ccccc1. The second kappa shape index (κ2) is 8.62. The van der Waals surface area contributed by atoms with Gasteiger partial charge in [-0.25, -0.2) is 5.43 Å². The molecule has 0 unspecified atom stereocenters. The number of carbonyl (C=O) groups excluding carboxylic acids is 1. The van der Waals surface area contributed by atoms with E-state index in [4.69, 9.17) is 4.74 Å². The number of amides is 1. The summed E-state index contributed by atoms with van der Waals surface area (Å²) < 4.78 is 5.64. The van der Waals surface area contributed by atoms with Crippen molar-refractivity contribution < 1.29 is 9.53 Å². The first-order valence-corrected chi connectivity index (χ1v) is 7.37. The average Bonchev–Trinajstić information content (AvgIpc) is 2.55. The van der Waals surface area contributed by atoms with E-state index in [0.717, 1.165) is 23.3 Å². The van der Waals surface area contributed by atoms with Gasteiger partial charge >= 0.3 is 0 Å². The van der Waals surface area contributed by atoms with Gasteiger partial charge in [0.2, 0.25) is 5.91 Å². The topological polar surface area (TPSA) is 50.7 Å². The number of hydrogen-bond acceptors (Lipinski definition) is 3. The summed E-state index contributed by atoms with van der Waals surface area (Å²) in [5.74, 6) is 0.625. The smallest absolute Gasteiger partial charge is 0.244 e. The van der Waals surface area contributed by atoms with E-state index >= 15 is 0 Å². The predicted molar refractivity (Wildman–Crippen MR) is 88.1 cm³/mol. The van der Waals surface area contributed by atoms with Gasteiger partial charge in [-0.3, -0.25) is 4.79 Å². The highest BCUT2D eigenvalue weighted by Crippen LogP contribution is 2.15. The molecule has 0 saturated heterocycles. The van der Waals surface area contributed by atoms with Crippen LogP contribution in [0.1, 0.15) is 24.5 Å². The summed E-state index contributed by atoms with van der Waals surface area (Å²) >= 11 is 0. The van der Waals surface area contributed by atoms with Crippen molar-refractivity contribution in [3.63, 3.8) is 0 Å². The molecule has 1 N–H and O–H groups in total. The van der Waals surface area contributed by atoms with Crippen LogP contribution in [0, 0.1) is 0 Å². The Morgan fingerprint density at radius 2 is 1.86 bits per heavy atom. The fraction of sp³-hybridized carbons (Fsp3) is 0.222. The second-order valence-electron chi connectivity index (χ2n) is 4.84. The molecule has 0 aliphatic carbocycles. The van der Waals surface area contributed by atoms with Crippen LogP contribution in [-0.2, 0) is 11.2 Å². The summed E-state index contributed by atoms with van der Waals surface area (Å²) in [5, 5.41) is 4.00. The normalized spacial score (nSPS) is 10.6. The molecule has 0 bridgehead atoms. The van der Waals surface area contributed by atoms with Crippen LogP contribution < -0.4 is 10.2 Å². The highest BCUT2D eigenvalue weighted by molar-refractivity contribution is 5.85. The van der Waals surface area contributed by atoms with Gasteiger partial charge in [-0.2, -0.15) is 5.10 Å². The average molecular weight is 296 g/mol. The van der Waals surface area contributed by atoms with Crippen molar-refractivity contribution in [1.82, 2.24) is 5.43 Å². The third-order valence-electron chi connectivity index (χ3n) is 2.98. The van der Waals surface area contributed by atoms with Crippen LogP contribution in [0.2, 0.25) is 0 Å². The Bertz CT molecular complexity index is 624. The molecule has 2 rings (SSSR count). The van der Waals surface area contributed by atoms with Crippen LogP contribution >= 0.6 is 0 Å². The molecule has 0 fully saturated rings. The van der Waals surface area contributed by atoms with Gasteiger partial charge in [-0.1, -0.05) is 49.4 Å². The maximum atomic E-state index is 11.8. The highest BCUT2D eigenvalue weighted by atomic mass is 16.5. The molecule has 0 atom stereocenters. The molecule has 4 nitrogen and oxygen atoms in total. The van der Waals surface area contributed by atoms with E-state index in [2.05, 4.69) is 17.5 Å². The number of para-hydroxylation sites is 1. The molecule has 0 aromatic heterocycles. The number of ether oxygens (including phenoxy) is 1. The van der Waals surface area contributed by atoms with Crippen LogP contribution in [0.5, 0.6) is 5.75 Å². The molecule has 0 aliphatic rings. The number of benzene rings is 2. The van der Waals surface area contributed by atoms with Crippen molar-refractivity contribution in [2.75, 3.05) is 6.61 Å². The summed E-state index contributed by atoms with van der Waals surface area (Å²) in [4.78, 5) is 11.8. The first-order chi connectivity index (χ1) is 10.8. The van der Waals surface area contributed by atoms with E-state index in [-0.39, 0.29) is 5.91 Å². The van der Waals surface area contributed by atoms with Crippen LogP contribution in [-0.4, -0.2) is 18.7 Å². The highest BCUT2D eigenvalue weighted by Gasteiger charge is 2.02. The molecule has 0 heterocycles. The Labute approximate surface area is 130 Å². The molecular formula is C18H20N2O2. The minimum atomic E-state index is -0.144. The number of carbonyl (C=O) groups is 1. The van der Waals surface area contributed by atoms with Crippen molar-refractivity contribution in [1.29, 1.82) is 0 Å². The lowest BCUT2D eigenvalue weighted by atomic mass is 10.1. The van der Waals surface area contributed by atoms with Gasteiger partial charge in [0.15, 0.2) is 0 Å². The van der Waals surface area contributed by atoms with E-state index in [1.807, 2.05) is 54.6 Å². The summed E-state index contributed by atoms with van der Waals surface area (Å²) in [5.41, 5.74) is 4.34. The lowest BCUT2D eigenvalue weighted by molar-refractivity contribution is -0.120. The van der Waals surface area contributed by atoms with Crippen molar-refractivity contribution in [3.05, 3.63) is 65.7 Å². The fourth-order valence-electron chi connectivity index (χ4n) is 1.93. The van der Waals surface area contributed by atoms with Gasteiger partial charge in [0, 0.05) is 5.56 Å². The monoisotopic (exact) mass is 296 g/mol. The van der Waals surface area contributed by atoms with Gasteiger partial charge in [0.25, 0.3) is 0 Å². The van der Waals surface area contributed by atoms with E-state index in [0.29, 0.717) is 13.0 Å². The standard InChI is InChI=1S/C18H20N2O2/c1-2-12-22-17-11-7-6-10-16(17)14-19-20-18(21)13-15-8-4-3-5-9-15/h3-11,14H,2,12-13H2,1H3,(H,20,21). The maximum Gasteiger partial charge on any atom is 0.244 e. The first-order valence-electron chi connectivity index (χ1n) is 7.37. The Hall–Kier alpha value is -2.62. The van der Waals surface area contributed by atoms with Gasteiger partial charge in [0.1, 0.15) is 5.75 Å². The zero-order valence-corrected chi connectivity index (χ0v) is 12.7. The van der Waals surface area contributed by atoms with Crippen molar-refractivity contribution in [2.45, 2.75) is 19.8 Å². The lowest BCUT2D eigenvalue weighted by Crippen LogP contribution is -2.19. The van der Waals surface area contributed by atoms with Gasteiger partial charge in [-0.15, -0.1) is 0 Å². The lowest BCUT2D eigenvalue weighted by Gasteiger charge is -2.07. The zero-order valence-electron chi connectivity index (χ0n) is 12.7. The van der Waals surface area contributed by atoms with Crippen LogP contribution in [0.3, 0.4) is 0 Å². The second-order valence-corrected chi connectivity index (χ2v) is 4.84. The fourth-order valence-corrected chi connectivity index (χ4v) is 1.93. The number of nitrogens with zero attached hydrogens (tertiary/aromatic N) is 1. The molecular weight excluding hydrogens is 276 g/mol. The van der Waals surface area contributed by atoms with Crippen molar-refractivity contribution >= 4 is 12.1 Å². The van der Waals surface area contributed by atoms with Gasteiger partial charge in [0.05, 0.1) is 19.2 Å². The van der Waals surface area contributed by atoms with Gasteiger partial charge in [-0.05, 0) is 24.1 Å². The van der Waals surface area contributed by atoms with Crippen LogP contribution in [0.15, 0.2) is 59.7 Å². The maximum absolute atomic E-state index is 11.8. The van der Waals surface area contributed by atoms with E-state index in [1.54, 1.807) is 6.21 Å². The Morgan fingerprint density at radius 1 is 1.14 bits per heavy atom. The predicted octanol–water partition coefficient (Wildman–Crippen LogP) is 3.17. The minimum absolute atomic E-state index is 0.144.